The van der Waals surface area contributed by atoms with Crippen molar-refractivity contribution in [2.75, 3.05) is 13.6 Å². The second kappa shape index (κ2) is 4.30. The molecule has 0 saturated carbocycles. The van der Waals surface area contributed by atoms with Gasteiger partial charge in [-0.1, -0.05) is 12.0 Å². The lowest BCUT2D eigenvalue weighted by Gasteiger charge is -2.20. The number of terminal acetylenes is 1. The summed E-state index contributed by atoms with van der Waals surface area (Å²) in [6.07, 6.45) is 5.23. The van der Waals surface area contributed by atoms with E-state index in [0.29, 0.717) is 12.6 Å². The number of nitrogens with zero attached hydrogens (tertiary/aromatic N) is 1. The Labute approximate surface area is 78.0 Å². The zero-order chi connectivity index (χ0) is 8.97. The van der Waals surface area contributed by atoms with Crippen LogP contribution in [0.4, 0.5) is 0 Å². The van der Waals surface area contributed by atoms with Gasteiger partial charge in [-0.15, -0.1) is 17.8 Å². The molecule has 1 atom stereocenters. The molecule has 0 fully saturated rings. The summed E-state index contributed by atoms with van der Waals surface area (Å²) in [6.45, 7) is 2.88. The van der Waals surface area contributed by atoms with Gasteiger partial charge in [0.1, 0.15) is 0 Å². The number of hydrogen-bond donors (Lipinski definition) is 0. The minimum Gasteiger partial charge on any atom is -0.288 e. The molecule has 0 bridgehead atoms. The second-order valence-electron chi connectivity index (χ2n) is 2.81. The molecule has 1 aromatic rings. The predicted molar refractivity (Wildman–Crippen MR) is 54.2 cm³/mol. The average molecular weight is 179 g/mol. The second-order valence-corrected chi connectivity index (χ2v) is 3.79. The molecule has 0 radical (unpaired) electrons. The lowest BCUT2D eigenvalue weighted by molar-refractivity contribution is 0.298. The highest BCUT2D eigenvalue weighted by Crippen LogP contribution is 2.22. The highest BCUT2D eigenvalue weighted by atomic mass is 32.1. The first-order chi connectivity index (χ1) is 5.75. The summed E-state index contributed by atoms with van der Waals surface area (Å²) in [5.41, 5.74) is 0. The van der Waals surface area contributed by atoms with Crippen molar-refractivity contribution in [3.8, 4) is 12.3 Å². The van der Waals surface area contributed by atoms with Crippen molar-refractivity contribution in [1.82, 2.24) is 4.90 Å². The van der Waals surface area contributed by atoms with Gasteiger partial charge in [0, 0.05) is 10.9 Å². The van der Waals surface area contributed by atoms with E-state index < -0.39 is 0 Å². The first-order valence-corrected chi connectivity index (χ1v) is 4.80. The summed E-state index contributed by atoms with van der Waals surface area (Å²) in [6, 6.07) is 4.64. The first kappa shape index (κ1) is 9.31. The molecular formula is C10H13NS. The molecule has 12 heavy (non-hydrogen) atoms. The van der Waals surface area contributed by atoms with E-state index in [0.717, 1.165) is 0 Å². The van der Waals surface area contributed by atoms with Crippen LogP contribution in [0.3, 0.4) is 0 Å². The van der Waals surface area contributed by atoms with Crippen LogP contribution in [0.2, 0.25) is 0 Å². The van der Waals surface area contributed by atoms with Gasteiger partial charge in [-0.2, -0.15) is 0 Å². The maximum absolute atomic E-state index is 5.23. The van der Waals surface area contributed by atoms with E-state index in [1.807, 2.05) is 7.05 Å². The van der Waals surface area contributed by atoms with Crippen LogP contribution in [0.1, 0.15) is 17.8 Å². The van der Waals surface area contributed by atoms with Gasteiger partial charge < -0.3 is 0 Å². The van der Waals surface area contributed by atoms with Crippen molar-refractivity contribution in [1.29, 1.82) is 0 Å². The summed E-state index contributed by atoms with van der Waals surface area (Å²) >= 11 is 1.77. The molecule has 2 heteroatoms. The topological polar surface area (TPSA) is 3.24 Å². The van der Waals surface area contributed by atoms with E-state index in [-0.39, 0.29) is 0 Å². The standard InChI is InChI=1S/C10H13NS/c1-4-7-11(3)9(2)10-6-5-8-12-10/h1,5-6,8-9H,7H2,2-3H3. The molecule has 0 aliphatic carbocycles. The zero-order valence-electron chi connectivity index (χ0n) is 7.45. The van der Waals surface area contributed by atoms with E-state index in [1.165, 1.54) is 4.88 Å². The van der Waals surface area contributed by atoms with Crippen LogP contribution in [0.15, 0.2) is 17.5 Å². The Kier molecular flexibility index (Phi) is 3.33. The molecule has 0 spiro atoms. The fraction of sp³-hybridized carbons (Fsp3) is 0.400. The van der Waals surface area contributed by atoms with Crippen LogP contribution in [-0.4, -0.2) is 18.5 Å². The number of hydrogen-bond acceptors (Lipinski definition) is 2. The van der Waals surface area contributed by atoms with Crippen molar-refractivity contribution < 1.29 is 0 Å². The summed E-state index contributed by atoms with van der Waals surface area (Å²) in [7, 11) is 2.05. The van der Waals surface area contributed by atoms with E-state index >= 15 is 0 Å². The van der Waals surface area contributed by atoms with E-state index in [4.69, 9.17) is 6.42 Å². The molecule has 1 aromatic heterocycles. The smallest absolute Gasteiger partial charge is 0.0601 e. The molecule has 0 saturated heterocycles. The van der Waals surface area contributed by atoms with Gasteiger partial charge in [-0.05, 0) is 25.4 Å². The molecule has 1 unspecified atom stereocenters. The molecule has 0 aromatic carbocycles. The maximum atomic E-state index is 5.23. The summed E-state index contributed by atoms with van der Waals surface area (Å²) in [5.74, 6) is 2.64. The predicted octanol–water partition coefficient (Wildman–Crippen LogP) is 2.37. The minimum atomic E-state index is 0.432. The molecule has 0 aliphatic heterocycles. The van der Waals surface area contributed by atoms with Gasteiger partial charge in [-0.3, -0.25) is 4.90 Å². The van der Waals surface area contributed by atoms with Gasteiger partial charge in [0.15, 0.2) is 0 Å². The summed E-state index contributed by atoms with van der Waals surface area (Å²) < 4.78 is 0. The third kappa shape index (κ3) is 2.10. The molecule has 0 aliphatic rings. The van der Waals surface area contributed by atoms with Gasteiger partial charge in [0.25, 0.3) is 0 Å². The normalized spacial score (nSPS) is 12.8. The Morgan fingerprint density at radius 2 is 2.50 bits per heavy atom. The van der Waals surface area contributed by atoms with Crippen LogP contribution in [0, 0.1) is 12.3 Å². The summed E-state index contributed by atoms with van der Waals surface area (Å²) in [4.78, 5) is 3.53. The van der Waals surface area contributed by atoms with Crippen LogP contribution >= 0.6 is 11.3 Å². The monoisotopic (exact) mass is 179 g/mol. The van der Waals surface area contributed by atoms with E-state index in [2.05, 4.69) is 35.3 Å². The maximum Gasteiger partial charge on any atom is 0.0601 e. The van der Waals surface area contributed by atoms with Crippen LogP contribution in [0.25, 0.3) is 0 Å². The molecule has 64 valence electrons. The van der Waals surface area contributed by atoms with Gasteiger partial charge in [-0.25, -0.2) is 0 Å². The van der Waals surface area contributed by atoms with Crippen LogP contribution in [-0.2, 0) is 0 Å². The molecule has 0 amide bonds. The number of thiophene rings is 1. The highest BCUT2D eigenvalue weighted by molar-refractivity contribution is 7.10. The van der Waals surface area contributed by atoms with E-state index in [9.17, 15) is 0 Å². The molecule has 1 heterocycles. The Morgan fingerprint density at radius 1 is 1.75 bits per heavy atom. The lowest BCUT2D eigenvalue weighted by Crippen LogP contribution is -2.21. The Hall–Kier alpha value is -0.780. The Morgan fingerprint density at radius 3 is 3.00 bits per heavy atom. The zero-order valence-corrected chi connectivity index (χ0v) is 8.27. The van der Waals surface area contributed by atoms with Gasteiger partial charge >= 0.3 is 0 Å². The van der Waals surface area contributed by atoms with E-state index in [1.54, 1.807) is 11.3 Å². The molecule has 1 rings (SSSR count). The number of rotatable bonds is 3. The van der Waals surface area contributed by atoms with Crippen LogP contribution < -0.4 is 0 Å². The van der Waals surface area contributed by atoms with Crippen molar-refractivity contribution >= 4 is 11.3 Å². The molecule has 0 N–H and O–H groups in total. The molecule has 1 nitrogen and oxygen atoms in total. The third-order valence-electron chi connectivity index (χ3n) is 1.96. The Bertz CT molecular complexity index is 258. The Balaban J connectivity index is 2.60. The van der Waals surface area contributed by atoms with Crippen molar-refractivity contribution in [3.63, 3.8) is 0 Å². The lowest BCUT2D eigenvalue weighted by atomic mass is 10.2. The van der Waals surface area contributed by atoms with Crippen LogP contribution in [0.5, 0.6) is 0 Å². The fourth-order valence-electron chi connectivity index (χ4n) is 1.03. The summed E-state index contributed by atoms with van der Waals surface area (Å²) in [5, 5.41) is 2.09. The first-order valence-electron chi connectivity index (χ1n) is 3.93. The highest BCUT2D eigenvalue weighted by Gasteiger charge is 2.10. The van der Waals surface area contributed by atoms with Crippen molar-refractivity contribution in [2.45, 2.75) is 13.0 Å². The third-order valence-corrected chi connectivity index (χ3v) is 3.00. The fourth-order valence-corrected chi connectivity index (χ4v) is 1.88. The van der Waals surface area contributed by atoms with Gasteiger partial charge in [0.05, 0.1) is 6.54 Å². The minimum absolute atomic E-state index is 0.432. The SMILES string of the molecule is C#CCN(C)C(C)c1cccs1. The van der Waals surface area contributed by atoms with Crippen molar-refractivity contribution in [2.24, 2.45) is 0 Å². The largest absolute Gasteiger partial charge is 0.288 e. The van der Waals surface area contributed by atoms with Crippen molar-refractivity contribution in [3.05, 3.63) is 22.4 Å². The molecular weight excluding hydrogens is 166 g/mol. The van der Waals surface area contributed by atoms with Gasteiger partial charge in [0.2, 0.25) is 0 Å². The average Bonchev–Trinajstić information content (AvgIpc) is 2.55. The quantitative estimate of drug-likeness (QED) is 0.644.